The van der Waals surface area contributed by atoms with Crippen molar-refractivity contribution in [2.45, 2.75) is 4.90 Å². The number of carbonyl (C=O) groups is 1. The Balaban J connectivity index is 1.68. The summed E-state index contributed by atoms with van der Waals surface area (Å²) in [5, 5.41) is 2.77. The minimum Gasteiger partial charge on any atom is -0.497 e. The molecule has 0 spiro atoms. The first kappa shape index (κ1) is 18.5. The number of amides is 1. The van der Waals surface area contributed by atoms with E-state index in [1.807, 2.05) is 0 Å². The van der Waals surface area contributed by atoms with Gasteiger partial charge in [0.2, 0.25) is 0 Å². The summed E-state index contributed by atoms with van der Waals surface area (Å²) in [5.41, 5.74) is 1.42. The molecule has 0 unspecified atom stereocenters. The number of ether oxygens (including phenoxy) is 1. The van der Waals surface area contributed by atoms with E-state index < -0.39 is 10.0 Å². The molecule has 3 aromatic rings. The van der Waals surface area contributed by atoms with Crippen LogP contribution in [0.5, 0.6) is 5.75 Å². The lowest BCUT2D eigenvalue weighted by atomic mass is 10.2. The Morgan fingerprint density at radius 3 is 2.00 bits per heavy atom. The average molecular weight is 382 g/mol. The third-order valence-corrected chi connectivity index (χ3v) is 5.20. The maximum Gasteiger partial charge on any atom is 0.261 e. The first-order chi connectivity index (χ1) is 13.0. The number of methoxy groups -OCH3 is 1. The zero-order valence-corrected chi connectivity index (χ0v) is 15.4. The Morgan fingerprint density at radius 1 is 0.815 bits per heavy atom. The summed E-state index contributed by atoms with van der Waals surface area (Å²) in [6.07, 6.45) is 0. The van der Waals surface area contributed by atoms with E-state index in [1.165, 1.54) is 12.1 Å². The highest BCUT2D eigenvalue weighted by molar-refractivity contribution is 7.92. The van der Waals surface area contributed by atoms with Crippen LogP contribution < -0.4 is 14.8 Å². The summed E-state index contributed by atoms with van der Waals surface area (Å²) in [5.74, 6) is 0.403. The van der Waals surface area contributed by atoms with Crippen LogP contribution in [-0.2, 0) is 10.0 Å². The molecule has 0 aliphatic carbocycles. The smallest absolute Gasteiger partial charge is 0.261 e. The SMILES string of the molecule is COc1ccc(NC(=O)c2ccc(NS(=O)(=O)c3ccccc3)cc2)cc1. The molecule has 0 radical (unpaired) electrons. The summed E-state index contributed by atoms with van der Waals surface area (Å²) in [6.45, 7) is 0. The van der Waals surface area contributed by atoms with Gasteiger partial charge in [0, 0.05) is 16.9 Å². The van der Waals surface area contributed by atoms with Crippen molar-refractivity contribution in [2.24, 2.45) is 0 Å². The van der Waals surface area contributed by atoms with Crippen molar-refractivity contribution in [3.63, 3.8) is 0 Å². The van der Waals surface area contributed by atoms with Crippen molar-refractivity contribution in [3.05, 3.63) is 84.4 Å². The van der Waals surface area contributed by atoms with Gasteiger partial charge in [0.1, 0.15) is 5.75 Å². The predicted octanol–water partition coefficient (Wildman–Crippen LogP) is 3.75. The van der Waals surface area contributed by atoms with Crippen molar-refractivity contribution < 1.29 is 17.9 Å². The van der Waals surface area contributed by atoms with E-state index in [0.29, 0.717) is 22.7 Å². The quantitative estimate of drug-likeness (QED) is 0.680. The second-order valence-electron chi connectivity index (χ2n) is 5.68. The molecule has 138 valence electrons. The van der Waals surface area contributed by atoms with Crippen LogP contribution in [-0.4, -0.2) is 21.4 Å². The standard InChI is InChI=1S/C20H18N2O4S/c1-26-18-13-11-16(12-14-18)21-20(23)15-7-9-17(10-8-15)22-27(24,25)19-5-3-2-4-6-19/h2-14,22H,1H3,(H,21,23). The first-order valence-electron chi connectivity index (χ1n) is 8.11. The first-order valence-corrected chi connectivity index (χ1v) is 9.59. The van der Waals surface area contributed by atoms with Crippen molar-refractivity contribution in [1.29, 1.82) is 0 Å². The van der Waals surface area contributed by atoms with Crippen LogP contribution in [0.4, 0.5) is 11.4 Å². The van der Waals surface area contributed by atoms with Crippen LogP contribution in [0, 0.1) is 0 Å². The van der Waals surface area contributed by atoms with Crippen molar-refractivity contribution in [3.8, 4) is 5.75 Å². The van der Waals surface area contributed by atoms with Crippen molar-refractivity contribution in [2.75, 3.05) is 17.1 Å². The number of hydrogen-bond acceptors (Lipinski definition) is 4. The van der Waals surface area contributed by atoms with E-state index in [1.54, 1.807) is 73.8 Å². The highest BCUT2D eigenvalue weighted by atomic mass is 32.2. The van der Waals surface area contributed by atoms with E-state index in [9.17, 15) is 13.2 Å². The third kappa shape index (κ3) is 4.65. The fourth-order valence-electron chi connectivity index (χ4n) is 2.38. The summed E-state index contributed by atoms with van der Waals surface area (Å²) < 4.78 is 32.2. The Labute approximate surface area is 157 Å². The Hall–Kier alpha value is -3.32. The molecule has 27 heavy (non-hydrogen) atoms. The summed E-state index contributed by atoms with van der Waals surface area (Å²) in [7, 11) is -2.09. The van der Waals surface area contributed by atoms with Gasteiger partial charge in [-0.3, -0.25) is 9.52 Å². The fourth-order valence-corrected chi connectivity index (χ4v) is 3.46. The van der Waals surface area contributed by atoms with Gasteiger partial charge in [-0.15, -0.1) is 0 Å². The van der Waals surface area contributed by atoms with Crippen LogP contribution in [0.15, 0.2) is 83.8 Å². The third-order valence-electron chi connectivity index (χ3n) is 3.80. The monoisotopic (exact) mass is 382 g/mol. The lowest BCUT2D eigenvalue weighted by molar-refractivity contribution is 0.102. The van der Waals surface area contributed by atoms with Crippen molar-refractivity contribution >= 4 is 27.3 Å². The highest BCUT2D eigenvalue weighted by Crippen LogP contribution is 2.18. The molecule has 0 aliphatic rings. The van der Waals surface area contributed by atoms with Gasteiger partial charge in [-0.25, -0.2) is 8.42 Å². The van der Waals surface area contributed by atoms with E-state index in [2.05, 4.69) is 10.0 Å². The molecular formula is C20H18N2O4S. The van der Waals surface area contributed by atoms with Gasteiger partial charge in [0.15, 0.2) is 0 Å². The molecule has 0 aliphatic heterocycles. The van der Waals surface area contributed by atoms with Crippen LogP contribution in [0.3, 0.4) is 0 Å². The minimum absolute atomic E-state index is 0.173. The van der Waals surface area contributed by atoms with Gasteiger partial charge < -0.3 is 10.1 Å². The van der Waals surface area contributed by atoms with E-state index in [4.69, 9.17) is 4.74 Å². The largest absolute Gasteiger partial charge is 0.497 e. The van der Waals surface area contributed by atoms with Gasteiger partial charge in [-0.05, 0) is 60.7 Å². The minimum atomic E-state index is -3.66. The van der Waals surface area contributed by atoms with Crippen molar-refractivity contribution in [1.82, 2.24) is 0 Å². The molecule has 3 rings (SSSR count). The second-order valence-corrected chi connectivity index (χ2v) is 7.36. The van der Waals surface area contributed by atoms with Crippen LogP contribution in [0.2, 0.25) is 0 Å². The molecule has 2 N–H and O–H groups in total. The topological polar surface area (TPSA) is 84.5 Å². The van der Waals surface area contributed by atoms with Gasteiger partial charge in [-0.1, -0.05) is 18.2 Å². The molecule has 0 atom stereocenters. The predicted molar refractivity (Wildman–Crippen MR) is 105 cm³/mol. The zero-order valence-electron chi connectivity index (χ0n) is 14.5. The van der Waals surface area contributed by atoms with E-state index >= 15 is 0 Å². The zero-order chi connectivity index (χ0) is 19.3. The molecular weight excluding hydrogens is 364 g/mol. The molecule has 3 aromatic carbocycles. The Bertz CT molecular complexity index is 1020. The number of hydrogen-bond donors (Lipinski definition) is 2. The molecule has 0 fully saturated rings. The second kappa shape index (κ2) is 7.92. The number of anilines is 2. The van der Waals surface area contributed by atoms with E-state index in [0.717, 1.165) is 0 Å². The average Bonchev–Trinajstić information content (AvgIpc) is 2.69. The number of sulfonamides is 1. The normalized spacial score (nSPS) is 10.9. The Morgan fingerprint density at radius 2 is 1.41 bits per heavy atom. The molecule has 0 heterocycles. The molecule has 0 aromatic heterocycles. The number of benzene rings is 3. The van der Waals surface area contributed by atoms with E-state index in [-0.39, 0.29) is 10.8 Å². The summed E-state index contributed by atoms with van der Waals surface area (Å²) in [4.78, 5) is 12.5. The fraction of sp³-hybridized carbons (Fsp3) is 0.0500. The lowest BCUT2D eigenvalue weighted by Gasteiger charge is -2.09. The van der Waals surface area contributed by atoms with Gasteiger partial charge in [0.05, 0.1) is 12.0 Å². The maximum atomic E-state index is 12.3. The molecule has 0 saturated heterocycles. The van der Waals surface area contributed by atoms with Crippen LogP contribution >= 0.6 is 0 Å². The van der Waals surface area contributed by atoms with Crippen LogP contribution in [0.25, 0.3) is 0 Å². The highest BCUT2D eigenvalue weighted by Gasteiger charge is 2.14. The summed E-state index contributed by atoms with van der Waals surface area (Å²) in [6, 6.07) is 21.2. The van der Waals surface area contributed by atoms with Gasteiger partial charge in [-0.2, -0.15) is 0 Å². The molecule has 7 heteroatoms. The molecule has 0 saturated carbocycles. The number of rotatable bonds is 6. The molecule has 0 bridgehead atoms. The van der Waals surface area contributed by atoms with Crippen LogP contribution in [0.1, 0.15) is 10.4 Å². The Kier molecular flexibility index (Phi) is 5.42. The molecule has 1 amide bonds. The molecule has 6 nitrogen and oxygen atoms in total. The number of nitrogens with one attached hydrogen (secondary N) is 2. The number of carbonyl (C=O) groups excluding carboxylic acids is 1. The lowest BCUT2D eigenvalue weighted by Crippen LogP contribution is -2.14. The maximum absolute atomic E-state index is 12.3. The van der Waals surface area contributed by atoms with Gasteiger partial charge >= 0.3 is 0 Å². The van der Waals surface area contributed by atoms with Gasteiger partial charge in [0.25, 0.3) is 15.9 Å². The summed E-state index contributed by atoms with van der Waals surface area (Å²) >= 11 is 0.